The van der Waals surface area contributed by atoms with Gasteiger partial charge >= 0.3 is 0 Å². The van der Waals surface area contributed by atoms with Crippen LogP contribution in [0.2, 0.25) is 0 Å². The van der Waals surface area contributed by atoms with Crippen LogP contribution in [0.5, 0.6) is 0 Å². The second kappa shape index (κ2) is 5.55. The van der Waals surface area contributed by atoms with Gasteiger partial charge in [0.15, 0.2) is 5.78 Å². The Kier molecular flexibility index (Phi) is 3.84. The second-order valence-corrected chi connectivity index (χ2v) is 4.34. The minimum Gasteiger partial charge on any atom is -0.309 e. The molecule has 94 valence electrons. The van der Waals surface area contributed by atoms with Gasteiger partial charge in [-0.3, -0.25) is 4.79 Å². The van der Waals surface area contributed by atoms with Gasteiger partial charge in [0.25, 0.3) is 0 Å². The number of hydrogen-bond acceptors (Lipinski definition) is 4. The number of rotatable bonds is 5. The van der Waals surface area contributed by atoms with Gasteiger partial charge in [0.1, 0.15) is 5.69 Å². The molecule has 1 heterocycles. The molecule has 0 unspecified atom stereocenters. The fraction of sp³-hybridized carbons (Fsp3) is 0.308. The Labute approximate surface area is 106 Å². The summed E-state index contributed by atoms with van der Waals surface area (Å²) in [5.41, 5.74) is 1.38. The number of hydrogen-bond donors (Lipinski definition) is 0. The first-order valence-corrected chi connectivity index (χ1v) is 5.82. The predicted octanol–water partition coefficient (Wildman–Crippen LogP) is 1.40. The number of ketones is 1. The zero-order valence-electron chi connectivity index (χ0n) is 10.6. The average Bonchev–Trinajstić information content (AvgIpc) is 2.86. The van der Waals surface area contributed by atoms with Crippen molar-refractivity contribution < 1.29 is 4.79 Å². The first-order valence-electron chi connectivity index (χ1n) is 5.82. The van der Waals surface area contributed by atoms with Crippen LogP contribution in [0.1, 0.15) is 16.9 Å². The van der Waals surface area contributed by atoms with Gasteiger partial charge < -0.3 is 4.90 Å². The summed E-state index contributed by atoms with van der Waals surface area (Å²) in [7, 11) is 3.89. The summed E-state index contributed by atoms with van der Waals surface area (Å²) in [6, 6.07) is 9.54. The largest absolute Gasteiger partial charge is 0.309 e. The summed E-state index contributed by atoms with van der Waals surface area (Å²) in [4.78, 5) is 14.1. The Morgan fingerprint density at radius 1 is 1.28 bits per heavy atom. The van der Waals surface area contributed by atoms with Gasteiger partial charge in [0, 0.05) is 13.0 Å². The van der Waals surface area contributed by atoms with Crippen LogP contribution in [-0.4, -0.2) is 46.3 Å². The van der Waals surface area contributed by atoms with E-state index < -0.39 is 0 Å². The van der Waals surface area contributed by atoms with Gasteiger partial charge in [-0.15, -0.1) is 5.10 Å². The number of aromatic nitrogens is 3. The van der Waals surface area contributed by atoms with Gasteiger partial charge in [-0.25, -0.2) is 4.68 Å². The highest BCUT2D eigenvalue weighted by Gasteiger charge is 2.14. The van der Waals surface area contributed by atoms with Crippen LogP contribution in [0, 0.1) is 0 Å². The van der Waals surface area contributed by atoms with Crippen LogP contribution < -0.4 is 0 Å². The van der Waals surface area contributed by atoms with Gasteiger partial charge in [-0.1, -0.05) is 23.4 Å². The highest BCUT2D eigenvalue weighted by molar-refractivity contribution is 5.94. The summed E-state index contributed by atoms with van der Waals surface area (Å²) in [5.74, 6) is 0.0533. The first-order chi connectivity index (χ1) is 8.68. The lowest BCUT2D eigenvalue weighted by atomic mass is 10.2. The molecule has 5 heteroatoms. The third kappa shape index (κ3) is 2.81. The van der Waals surface area contributed by atoms with Crippen molar-refractivity contribution in [1.29, 1.82) is 0 Å². The minimum absolute atomic E-state index is 0.0533. The Morgan fingerprint density at radius 3 is 2.67 bits per heavy atom. The third-order valence-electron chi connectivity index (χ3n) is 2.62. The SMILES string of the molecule is CN(C)CCC(=O)c1cnnn1-c1ccccc1. The van der Waals surface area contributed by atoms with Crippen molar-refractivity contribution in [2.75, 3.05) is 20.6 Å². The van der Waals surface area contributed by atoms with Crippen molar-refractivity contribution in [1.82, 2.24) is 19.9 Å². The Morgan fingerprint density at radius 2 is 2.00 bits per heavy atom. The maximum atomic E-state index is 12.1. The van der Waals surface area contributed by atoms with Gasteiger partial charge in [-0.2, -0.15) is 0 Å². The number of benzene rings is 1. The van der Waals surface area contributed by atoms with Crippen LogP contribution in [0.25, 0.3) is 5.69 Å². The van der Waals surface area contributed by atoms with E-state index in [0.29, 0.717) is 12.1 Å². The van der Waals surface area contributed by atoms with E-state index in [0.717, 1.165) is 12.2 Å². The zero-order valence-corrected chi connectivity index (χ0v) is 10.6. The van der Waals surface area contributed by atoms with Crippen molar-refractivity contribution in [2.45, 2.75) is 6.42 Å². The Hall–Kier alpha value is -2.01. The molecule has 1 aromatic carbocycles. The Bertz CT molecular complexity index is 519. The zero-order chi connectivity index (χ0) is 13.0. The molecule has 0 fully saturated rings. The molecule has 2 aromatic rings. The summed E-state index contributed by atoms with van der Waals surface area (Å²) in [6.07, 6.45) is 1.98. The molecule has 0 N–H and O–H groups in total. The number of carbonyl (C=O) groups excluding carboxylic acids is 1. The molecule has 0 amide bonds. The van der Waals surface area contributed by atoms with E-state index in [-0.39, 0.29) is 5.78 Å². The van der Waals surface area contributed by atoms with E-state index >= 15 is 0 Å². The predicted molar refractivity (Wildman–Crippen MR) is 68.9 cm³/mol. The quantitative estimate of drug-likeness (QED) is 0.746. The molecular formula is C13H16N4O. The van der Waals surface area contributed by atoms with Crippen LogP contribution >= 0.6 is 0 Å². The number of carbonyl (C=O) groups is 1. The molecule has 0 aliphatic rings. The molecule has 2 rings (SSSR count). The van der Waals surface area contributed by atoms with E-state index in [4.69, 9.17) is 0 Å². The van der Waals surface area contributed by atoms with Crippen molar-refractivity contribution in [3.63, 3.8) is 0 Å². The van der Waals surface area contributed by atoms with Gasteiger partial charge in [0.2, 0.25) is 0 Å². The molecule has 0 radical (unpaired) electrons. The Balaban J connectivity index is 2.20. The van der Waals surface area contributed by atoms with Crippen molar-refractivity contribution >= 4 is 5.78 Å². The van der Waals surface area contributed by atoms with E-state index in [1.54, 1.807) is 4.68 Å². The normalized spacial score (nSPS) is 10.8. The van der Waals surface area contributed by atoms with Crippen LogP contribution in [0.15, 0.2) is 36.5 Å². The standard InChI is InChI=1S/C13H16N4O/c1-16(2)9-8-13(18)12-10-14-15-17(12)11-6-4-3-5-7-11/h3-7,10H,8-9H2,1-2H3. The number of nitrogens with zero attached hydrogens (tertiary/aromatic N) is 4. The topological polar surface area (TPSA) is 51.0 Å². The molecule has 0 aliphatic heterocycles. The highest BCUT2D eigenvalue weighted by Crippen LogP contribution is 2.10. The lowest BCUT2D eigenvalue weighted by Crippen LogP contribution is -2.18. The van der Waals surface area contributed by atoms with E-state index in [1.165, 1.54) is 6.20 Å². The number of para-hydroxylation sites is 1. The van der Waals surface area contributed by atoms with Crippen LogP contribution in [0.4, 0.5) is 0 Å². The van der Waals surface area contributed by atoms with E-state index in [2.05, 4.69) is 10.3 Å². The summed E-state index contributed by atoms with van der Waals surface area (Å²) < 4.78 is 1.58. The monoisotopic (exact) mass is 244 g/mol. The van der Waals surface area contributed by atoms with Crippen molar-refractivity contribution in [3.05, 3.63) is 42.2 Å². The van der Waals surface area contributed by atoms with Crippen molar-refractivity contribution in [3.8, 4) is 5.69 Å². The van der Waals surface area contributed by atoms with Gasteiger partial charge in [0.05, 0.1) is 11.9 Å². The molecule has 0 atom stereocenters. The minimum atomic E-state index is 0.0533. The number of Topliss-reactive ketones (excluding diaryl/α,β-unsaturated/α-hetero) is 1. The highest BCUT2D eigenvalue weighted by atomic mass is 16.1. The summed E-state index contributed by atoms with van der Waals surface area (Å²) in [6.45, 7) is 0.721. The smallest absolute Gasteiger partial charge is 0.184 e. The molecule has 5 nitrogen and oxygen atoms in total. The summed E-state index contributed by atoms with van der Waals surface area (Å²) in [5, 5.41) is 7.79. The van der Waals surface area contributed by atoms with Crippen molar-refractivity contribution in [2.24, 2.45) is 0 Å². The molecule has 0 spiro atoms. The van der Waals surface area contributed by atoms with E-state index in [1.807, 2.05) is 49.3 Å². The second-order valence-electron chi connectivity index (χ2n) is 4.34. The molecule has 1 aromatic heterocycles. The van der Waals surface area contributed by atoms with Gasteiger partial charge in [-0.05, 0) is 26.2 Å². The molecule has 0 saturated heterocycles. The molecule has 0 bridgehead atoms. The maximum absolute atomic E-state index is 12.1. The molecule has 18 heavy (non-hydrogen) atoms. The first kappa shape index (κ1) is 12.4. The van der Waals surface area contributed by atoms with E-state index in [9.17, 15) is 4.79 Å². The lowest BCUT2D eigenvalue weighted by Gasteiger charge is -2.09. The van der Waals surface area contributed by atoms with Crippen LogP contribution in [-0.2, 0) is 0 Å². The molecule has 0 saturated carbocycles. The third-order valence-corrected chi connectivity index (χ3v) is 2.62. The fourth-order valence-corrected chi connectivity index (χ4v) is 1.64. The average molecular weight is 244 g/mol. The summed E-state index contributed by atoms with van der Waals surface area (Å²) >= 11 is 0. The maximum Gasteiger partial charge on any atom is 0.184 e. The fourth-order valence-electron chi connectivity index (χ4n) is 1.64. The lowest BCUT2D eigenvalue weighted by molar-refractivity contribution is 0.0965. The molecular weight excluding hydrogens is 228 g/mol. The van der Waals surface area contributed by atoms with Crippen LogP contribution in [0.3, 0.4) is 0 Å². The molecule has 0 aliphatic carbocycles.